The van der Waals surface area contributed by atoms with Gasteiger partial charge in [0.2, 0.25) is 0 Å². The molecule has 0 aliphatic carbocycles. The second-order valence-corrected chi connectivity index (χ2v) is 6.56. The number of amides is 2. The summed E-state index contributed by atoms with van der Waals surface area (Å²) < 4.78 is 10.6. The van der Waals surface area contributed by atoms with E-state index in [0.717, 1.165) is 16.0 Å². The Bertz CT molecular complexity index is 1090. The van der Waals surface area contributed by atoms with Crippen molar-refractivity contribution in [1.29, 1.82) is 0 Å². The Hall–Kier alpha value is -3.45. The average Bonchev–Trinajstić information content (AvgIpc) is 2.95. The summed E-state index contributed by atoms with van der Waals surface area (Å²) in [6.07, 6.45) is 1.53. The number of carbonyl (C=O) groups excluding carboxylic acids is 2. The number of aromatic nitrogens is 1. The number of carbonyl (C=O) groups is 2. The molecule has 7 heteroatoms. The molecule has 28 heavy (non-hydrogen) atoms. The zero-order valence-corrected chi connectivity index (χ0v) is 15.4. The van der Waals surface area contributed by atoms with Gasteiger partial charge in [-0.15, -0.1) is 0 Å². The number of phenols is 1. The number of phenolic OH excluding ortho intramolecular Hbond substituents is 1. The lowest BCUT2D eigenvalue weighted by molar-refractivity contribution is 0.0505. The maximum atomic E-state index is 13.1. The molecule has 1 N–H and O–H groups in total. The van der Waals surface area contributed by atoms with Crippen LogP contribution >= 0.6 is 0 Å². The highest BCUT2D eigenvalue weighted by Crippen LogP contribution is 2.43. The van der Waals surface area contributed by atoms with Crippen LogP contribution in [-0.4, -0.2) is 40.7 Å². The molecule has 2 heterocycles. The van der Waals surface area contributed by atoms with E-state index < -0.39 is 11.8 Å². The summed E-state index contributed by atoms with van der Waals surface area (Å²) in [5.74, 6) is -1.23. The highest BCUT2D eigenvalue weighted by atomic mass is 16.7. The lowest BCUT2D eigenvalue weighted by Gasteiger charge is -2.14. The Morgan fingerprint density at radius 1 is 1.07 bits per heavy atom. The summed E-state index contributed by atoms with van der Waals surface area (Å²) in [7, 11) is 1.45. The fourth-order valence-corrected chi connectivity index (χ4v) is 3.31. The fourth-order valence-electron chi connectivity index (χ4n) is 3.31. The molecule has 0 spiro atoms. The lowest BCUT2D eigenvalue weighted by atomic mass is 10.0. The van der Waals surface area contributed by atoms with E-state index in [1.165, 1.54) is 13.3 Å². The predicted molar refractivity (Wildman–Crippen MR) is 101 cm³/mol. The van der Waals surface area contributed by atoms with E-state index in [4.69, 9.17) is 9.47 Å². The third-order valence-electron chi connectivity index (χ3n) is 4.69. The molecule has 0 unspecified atom stereocenters. The summed E-state index contributed by atoms with van der Waals surface area (Å²) in [6, 6.07) is 10.8. The van der Waals surface area contributed by atoms with Gasteiger partial charge in [0.05, 0.1) is 12.1 Å². The Morgan fingerprint density at radius 3 is 2.50 bits per heavy atom. The summed E-state index contributed by atoms with van der Waals surface area (Å²) in [5.41, 5.74) is 2.13. The van der Waals surface area contributed by atoms with Crippen molar-refractivity contribution in [3.05, 3.63) is 64.8 Å². The molecule has 1 aliphatic heterocycles. The van der Waals surface area contributed by atoms with Gasteiger partial charge in [-0.25, -0.2) is 0 Å². The number of nitrogens with zero attached hydrogens (tertiary/aromatic N) is 2. The minimum Gasteiger partial charge on any atom is -0.506 e. The maximum absolute atomic E-state index is 13.1. The normalized spacial score (nSPS) is 13.3. The van der Waals surface area contributed by atoms with E-state index in [0.29, 0.717) is 10.9 Å². The zero-order chi connectivity index (χ0) is 19.8. The molecule has 0 bridgehead atoms. The third-order valence-corrected chi connectivity index (χ3v) is 4.69. The largest absolute Gasteiger partial charge is 0.506 e. The van der Waals surface area contributed by atoms with Crippen LogP contribution < -0.4 is 4.74 Å². The van der Waals surface area contributed by atoms with Crippen LogP contribution in [0.2, 0.25) is 0 Å². The van der Waals surface area contributed by atoms with Gasteiger partial charge in [-0.05, 0) is 24.6 Å². The summed E-state index contributed by atoms with van der Waals surface area (Å²) in [6.45, 7) is 1.93. The monoisotopic (exact) mass is 378 g/mol. The van der Waals surface area contributed by atoms with Crippen LogP contribution in [0.25, 0.3) is 10.9 Å². The zero-order valence-electron chi connectivity index (χ0n) is 15.4. The Labute approximate surface area is 161 Å². The van der Waals surface area contributed by atoms with Gasteiger partial charge in [0, 0.05) is 18.7 Å². The Balaban J connectivity index is 1.85. The van der Waals surface area contributed by atoms with E-state index >= 15 is 0 Å². The number of rotatable bonds is 5. The van der Waals surface area contributed by atoms with Crippen LogP contribution in [0.3, 0.4) is 0 Å². The quantitative estimate of drug-likeness (QED) is 0.542. The van der Waals surface area contributed by atoms with Crippen molar-refractivity contribution in [1.82, 2.24) is 9.88 Å². The highest BCUT2D eigenvalue weighted by molar-refractivity contribution is 6.26. The van der Waals surface area contributed by atoms with Crippen molar-refractivity contribution >= 4 is 22.7 Å². The number of ether oxygens (including phenoxy) is 2. The van der Waals surface area contributed by atoms with Gasteiger partial charge in [0.25, 0.3) is 11.8 Å². The van der Waals surface area contributed by atoms with Gasteiger partial charge in [-0.2, -0.15) is 0 Å². The molecule has 1 aliphatic rings. The molecule has 2 amide bonds. The molecular weight excluding hydrogens is 360 g/mol. The first-order chi connectivity index (χ1) is 13.5. The minimum absolute atomic E-state index is 0.0119. The molecular formula is C21H18N2O5. The van der Waals surface area contributed by atoms with Crippen molar-refractivity contribution < 1.29 is 24.2 Å². The van der Waals surface area contributed by atoms with Gasteiger partial charge in [-0.3, -0.25) is 19.5 Å². The molecule has 7 nitrogen and oxygen atoms in total. The van der Waals surface area contributed by atoms with Crippen LogP contribution in [0.15, 0.2) is 42.6 Å². The molecule has 2 aromatic carbocycles. The summed E-state index contributed by atoms with van der Waals surface area (Å²) in [4.78, 5) is 31.4. The SMILES string of the molecule is COCOc1c2c(c(O)c3cccnc13)C(=O)N(Cc1ccc(C)cc1)C2=O. The van der Waals surface area contributed by atoms with Gasteiger partial charge in [-0.1, -0.05) is 29.8 Å². The Morgan fingerprint density at radius 2 is 1.79 bits per heavy atom. The van der Waals surface area contributed by atoms with E-state index in [2.05, 4.69) is 4.98 Å². The minimum atomic E-state index is -0.564. The molecule has 4 rings (SSSR count). The topological polar surface area (TPSA) is 89.0 Å². The number of pyridine rings is 1. The fraction of sp³-hybridized carbons (Fsp3) is 0.190. The van der Waals surface area contributed by atoms with E-state index in [-0.39, 0.29) is 36.0 Å². The van der Waals surface area contributed by atoms with Crippen LogP contribution in [-0.2, 0) is 11.3 Å². The van der Waals surface area contributed by atoms with Gasteiger partial charge in [0.1, 0.15) is 16.8 Å². The van der Waals surface area contributed by atoms with Crippen LogP contribution in [0, 0.1) is 6.92 Å². The van der Waals surface area contributed by atoms with Crippen molar-refractivity contribution in [2.24, 2.45) is 0 Å². The first-order valence-corrected chi connectivity index (χ1v) is 8.70. The number of benzene rings is 2. The molecule has 0 radical (unpaired) electrons. The van der Waals surface area contributed by atoms with Crippen LogP contribution in [0.1, 0.15) is 31.8 Å². The molecule has 0 saturated heterocycles. The summed E-state index contributed by atoms with van der Waals surface area (Å²) >= 11 is 0. The van der Waals surface area contributed by atoms with E-state index in [1.54, 1.807) is 12.1 Å². The molecule has 0 saturated carbocycles. The van der Waals surface area contributed by atoms with Gasteiger partial charge < -0.3 is 14.6 Å². The number of fused-ring (bicyclic) bond motifs is 2. The Kier molecular flexibility index (Phi) is 4.44. The number of aryl methyl sites for hydroxylation is 1. The maximum Gasteiger partial charge on any atom is 0.265 e. The van der Waals surface area contributed by atoms with Crippen molar-refractivity contribution in [2.45, 2.75) is 13.5 Å². The van der Waals surface area contributed by atoms with Gasteiger partial charge >= 0.3 is 0 Å². The predicted octanol–water partition coefficient (Wildman–Crippen LogP) is 3.03. The second-order valence-electron chi connectivity index (χ2n) is 6.56. The third kappa shape index (κ3) is 2.76. The molecule has 0 fully saturated rings. The molecule has 0 atom stereocenters. The summed E-state index contributed by atoms with van der Waals surface area (Å²) in [5, 5.41) is 11.0. The average molecular weight is 378 g/mol. The first kappa shape index (κ1) is 17.9. The van der Waals surface area contributed by atoms with Crippen molar-refractivity contribution in [2.75, 3.05) is 13.9 Å². The standard InChI is InChI=1S/C21H18N2O5/c1-12-5-7-13(8-6-12)10-23-20(25)15-16(21(23)26)19(28-11-27-2)17-14(18(15)24)4-3-9-22-17/h3-9,24H,10-11H2,1-2H3. The number of hydrogen-bond donors (Lipinski definition) is 1. The number of aromatic hydroxyl groups is 1. The molecule has 142 valence electrons. The highest BCUT2D eigenvalue weighted by Gasteiger charge is 2.42. The molecule has 1 aromatic heterocycles. The lowest BCUT2D eigenvalue weighted by Crippen LogP contribution is -2.29. The smallest absolute Gasteiger partial charge is 0.265 e. The first-order valence-electron chi connectivity index (χ1n) is 8.70. The van der Waals surface area contributed by atoms with E-state index in [1.807, 2.05) is 31.2 Å². The van der Waals surface area contributed by atoms with Crippen LogP contribution in [0.5, 0.6) is 11.5 Å². The van der Waals surface area contributed by atoms with Crippen molar-refractivity contribution in [3.8, 4) is 11.5 Å². The van der Waals surface area contributed by atoms with Crippen LogP contribution in [0.4, 0.5) is 0 Å². The second kappa shape index (κ2) is 6.94. The molecule has 3 aromatic rings. The van der Waals surface area contributed by atoms with Gasteiger partial charge in [0.15, 0.2) is 12.5 Å². The number of methoxy groups -OCH3 is 1. The number of imide groups is 1. The number of hydrogen-bond acceptors (Lipinski definition) is 6. The van der Waals surface area contributed by atoms with E-state index in [9.17, 15) is 14.7 Å². The van der Waals surface area contributed by atoms with Crippen molar-refractivity contribution in [3.63, 3.8) is 0 Å².